The van der Waals surface area contributed by atoms with Crippen LogP contribution < -0.4 is 9.50 Å². The van der Waals surface area contributed by atoms with Crippen molar-refractivity contribution in [2.45, 2.75) is 12.1 Å². The zero-order valence-corrected chi connectivity index (χ0v) is 14.9. The quantitative estimate of drug-likeness (QED) is 0.630. The molecule has 0 radical (unpaired) electrons. The number of thioether (sulfide) groups is 1. The summed E-state index contributed by atoms with van der Waals surface area (Å²) in [5.41, 5.74) is 1.51. The van der Waals surface area contributed by atoms with Crippen LogP contribution in [0.5, 0.6) is 5.75 Å². The monoisotopic (exact) mass is 354 g/mol. The number of benzene rings is 1. The third kappa shape index (κ3) is 4.81. The second-order valence-electron chi connectivity index (χ2n) is 4.86. The van der Waals surface area contributed by atoms with Crippen LogP contribution in [0.1, 0.15) is 5.69 Å². The maximum atomic E-state index is 11.8. The van der Waals surface area contributed by atoms with Gasteiger partial charge in [-0.05, 0) is 25.3 Å². The largest absolute Gasteiger partial charge is 0.384 e. The van der Waals surface area contributed by atoms with Gasteiger partial charge in [0.15, 0.2) is 5.16 Å². The van der Waals surface area contributed by atoms with Crippen molar-refractivity contribution in [2.24, 2.45) is 0 Å². The molecule has 1 aromatic carbocycles. The van der Waals surface area contributed by atoms with Crippen LogP contribution in [-0.4, -0.2) is 43.0 Å². The van der Waals surface area contributed by atoms with Gasteiger partial charge in [0, 0.05) is 37.6 Å². The summed E-state index contributed by atoms with van der Waals surface area (Å²) in [4.78, 5) is 8.63. The fourth-order valence-electron chi connectivity index (χ4n) is 1.67. The molecule has 1 N–H and O–H groups in total. The molecule has 0 aliphatic carbocycles. The predicted octanol–water partition coefficient (Wildman–Crippen LogP) is 2.44. The summed E-state index contributed by atoms with van der Waals surface area (Å²) in [6.07, 6.45) is 1.90. The van der Waals surface area contributed by atoms with E-state index < -0.39 is 10.3 Å². The zero-order chi connectivity index (χ0) is 17.0. The van der Waals surface area contributed by atoms with E-state index in [0.29, 0.717) is 16.7 Å². The lowest BCUT2D eigenvalue weighted by molar-refractivity contribution is 0.421. The van der Waals surface area contributed by atoms with Crippen LogP contribution in [0.4, 0.5) is 11.5 Å². The van der Waals surface area contributed by atoms with Crippen molar-refractivity contribution >= 4 is 33.6 Å². The Bertz CT molecular complexity index is 794. The number of hydrogen-bond donors (Lipinski definition) is 1. The summed E-state index contributed by atoms with van der Waals surface area (Å²) in [6, 6.07) is 8.48. The molecule has 23 heavy (non-hydrogen) atoms. The molecule has 0 aliphatic rings. The van der Waals surface area contributed by atoms with Crippen molar-refractivity contribution in [3.63, 3.8) is 0 Å². The first-order chi connectivity index (χ1) is 10.8. The number of hydrogen-bond acceptors (Lipinski definition) is 7. The molecule has 0 spiro atoms. The molecule has 0 unspecified atom stereocenters. The van der Waals surface area contributed by atoms with Crippen LogP contribution in [0.15, 0.2) is 35.5 Å². The van der Waals surface area contributed by atoms with Gasteiger partial charge in [-0.2, -0.15) is 12.7 Å². The first-order valence-corrected chi connectivity index (χ1v) is 9.28. The molecular weight excluding hydrogens is 336 g/mol. The number of anilines is 2. The lowest BCUT2D eigenvalue weighted by Crippen LogP contribution is -2.27. The maximum absolute atomic E-state index is 11.8. The van der Waals surface area contributed by atoms with Crippen molar-refractivity contribution in [3.05, 3.63) is 36.0 Å². The number of aromatic nitrogens is 2. The topological polar surface area (TPSA) is 84.4 Å². The molecule has 0 saturated heterocycles. The highest BCUT2D eigenvalue weighted by Crippen LogP contribution is 2.23. The molecule has 0 aliphatic heterocycles. The maximum Gasteiger partial charge on any atom is 0.384 e. The molecule has 1 aromatic heterocycles. The van der Waals surface area contributed by atoms with Crippen LogP contribution in [0.2, 0.25) is 0 Å². The Balaban J connectivity index is 2.22. The van der Waals surface area contributed by atoms with E-state index >= 15 is 0 Å². The molecular formula is C14H18N4O3S2. The van der Waals surface area contributed by atoms with E-state index in [-0.39, 0.29) is 5.75 Å². The average molecular weight is 354 g/mol. The Hall–Kier alpha value is -1.84. The minimum Gasteiger partial charge on any atom is -0.371 e. The van der Waals surface area contributed by atoms with Crippen LogP contribution in [0.25, 0.3) is 0 Å². The van der Waals surface area contributed by atoms with Crippen LogP contribution in [0, 0.1) is 6.92 Å². The molecule has 0 bridgehead atoms. The van der Waals surface area contributed by atoms with Crippen molar-refractivity contribution in [1.82, 2.24) is 14.3 Å². The second-order valence-corrected chi connectivity index (χ2v) is 7.38. The Morgan fingerprint density at radius 1 is 1.22 bits per heavy atom. The van der Waals surface area contributed by atoms with E-state index in [4.69, 9.17) is 4.18 Å². The van der Waals surface area contributed by atoms with Gasteiger partial charge in [0.25, 0.3) is 0 Å². The standard InChI is InChI=1S/C14H18N4O3S2/c1-10-8-13(17-14(15-10)22-4)16-11-6-5-7-12(9-11)21-23(19,20)18(2)3/h5-9H,1-4H3,(H,15,16,17). The van der Waals surface area contributed by atoms with E-state index in [1.807, 2.05) is 19.2 Å². The first kappa shape index (κ1) is 17.5. The summed E-state index contributed by atoms with van der Waals surface area (Å²) in [6.45, 7) is 1.88. The van der Waals surface area contributed by atoms with Crippen molar-refractivity contribution in [1.29, 1.82) is 0 Å². The summed E-state index contributed by atoms with van der Waals surface area (Å²) in [5.74, 6) is 0.856. The van der Waals surface area contributed by atoms with Gasteiger partial charge in [0.05, 0.1) is 0 Å². The highest BCUT2D eigenvalue weighted by atomic mass is 32.2. The number of rotatable bonds is 6. The van der Waals surface area contributed by atoms with Crippen LogP contribution in [0.3, 0.4) is 0 Å². The third-order valence-electron chi connectivity index (χ3n) is 2.77. The molecule has 2 aromatic rings. The number of nitrogens with zero attached hydrogens (tertiary/aromatic N) is 3. The van der Waals surface area contributed by atoms with Crippen molar-refractivity contribution < 1.29 is 12.6 Å². The van der Waals surface area contributed by atoms with Gasteiger partial charge in [-0.3, -0.25) is 0 Å². The summed E-state index contributed by atoms with van der Waals surface area (Å²) < 4.78 is 29.6. The van der Waals surface area contributed by atoms with Crippen molar-refractivity contribution in [3.8, 4) is 5.75 Å². The Kier molecular flexibility index (Phi) is 5.45. The highest BCUT2D eigenvalue weighted by Gasteiger charge is 2.15. The van der Waals surface area contributed by atoms with Gasteiger partial charge in [0.2, 0.25) is 0 Å². The highest BCUT2D eigenvalue weighted by molar-refractivity contribution is 7.98. The minimum absolute atomic E-state index is 0.222. The van der Waals surface area contributed by atoms with E-state index in [9.17, 15) is 8.42 Å². The zero-order valence-electron chi connectivity index (χ0n) is 13.3. The fourth-order valence-corrected chi connectivity index (χ4v) is 2.59. The molecule has 0 saturated carbocycles. The van der Waals surface area contributed by atoms with E-state index in [1.54, 1.807) is 24.3 Å². The summed E-state index contributed by atoms with van der Waals surface area (Å²) >= 11 is 1.45. The molecule has 0 fully saturated rings. The Morgan fingerprint density at radius 3 is 2.61 bits per heavy atom. The molecule has 2 rings (SSSR count). The molecule has 1 heterocycles. The van der Waals surface area contributed by atoms with E-state index in [2.05, 4.69) is 15.3 Å². The van der Waals surface area contributed by atoms with Gasteiger partial charge < -0.3 is 9.50 Å². The lowest BCUT2D eigenvalue weighted by Gasteiger charge is -2.13. The molecule has 9 heteroatoms. The van der Waals surface area contributed by atoms with Gasteiger partial charge in [-0.1, -0.05) is 17.8 Å². The second kappa shape index (κ2) is 7.16. The SMILES string of the molecule is CSc1nc(C)cc(Nc2cccc(OS(=O)(=O)N(C)C)c2)n1. The fraction of sp³-hybridized carbons (Fsp3) is 0.286. The van der Waals surface area contributed by atoms with E-state index in [0.717, 1.165) is 10.00 Å². The minimum atomic E-state index is -3.78. The number of aryl methyl sites for hydroxylation is 1. The third-order valence-corrected chi connectivity index (χ3v) is 4.62. The lowest BCUT2D eigenvalue weighted by atomic mass is 10.3. The Morgan fingerprint density at radius 2 is 1.96 bits per heavy atom. The molecule has 124 valence electrons. The molecule has 0 amide bonds. The normalized spacial score (nSPS) is 11.5. The van der Waals surface area contributed by atoms with Crippen LogP contribution >= 0.6 is 11.8 Å². The number of nitrogens with one attached hydrogen (secondary N) is 1. The summed E-state index contributed by atoms with van der Waals surface area (Å²) in [7, 11) is -0.966. The van der Waals surface area contributed by atoms with E-state index in [1.165, 1.54) is 25.9 Å². The van der Waals surface area contributed by atoms with Crippen molar-refractivity contribution in [2.75, 3.05) is 25.7 Å². The first-order valence-electron chi connectivity index (χ1n) is 6.69. The predicted molar refractivity (Wildman–Crippen MR) is 91.5 cm³/mol. The Labute approximate surface area is 140 Å². The van der Waals surface area contributed by atoms with Gasteiger partial charge >= 0.3 is 10.3 Å². The smallest absolute Gasteiger partial charge is 0.371 e. The summed E-state index contributed by atoms with van der Waals surface area (Å²) in [5, 5.41) is 3.78. The molecule has 0 atom stereocenters. The average Bonchev–Trinajstić information content (AvgIpc) is 2.46. The van der Waals surface area contributed by atoms with Gasteiger partial charge in [-0.15, -0.1) is 0 Å². The van der Waals surface area contributed by atoms with Gasteiger partial charge in [0.1, 0.15) is 11.6 Å². The van der Waals surface area contributed by atoms with Gasteiger partial charge in [-0.25, -0.2) is 9.97 Å². The van der Waals surface area contributed by atoms with Crippen LogP contribution in [-0.2, 0) is 10.3 Å². The molecule has 7 nitrogen and oxygen atoms in total.